The van der Waals surface area contributed by atoms with Crippen LogP contribution in [0.5, 0.6) is 0 Å². The van der Waals surface area contributed by atoms with Crippen molar-refractivity contribution in [1.29, 1.82) is 0 Å². The van der Waals surface area contributed by atoms with Crippen molar-refractivity contribution in [3.63, 3.8) is 0 Å². The highest BCUT2D eigenvalue weighted by Crippen LogP contribution is 2.04. The van der Waals surface area contributed by atoms with E-state index in [0.717, 1.165) is 0 Å². The Hall–Kier alpha value is -0.0400. The molecule has 1 aliphatic heterocycles. The van der Waals surface area contributed by atoms with Gasteiger partial charge in [-0.3, -0.25) is 0 Å². The molecule has 2 unspecified atom stereocenters. The van der Waals surface area contributed by atoms with Crippen molar-refractivity contribution < 1.29 is 15.1 Å². The molecular weight excluding hydrogens is 86.1 g/mol. The van der Waals surface area contributed by atoms with Crippen LogP contribution in [0.2, 0.25) is 0 Å². The lowest BCUT2D eigenvalue weighted by Gasteiger charge is -2.18. The molecule has 0 aromatic rings. The fraction of sp³-hybridized carbons (Fsp3) is 1.00. The third-order valence-corrected chi connectivity index (χ3v) is 0.548. The highest BCUT2D eigenvalue weighted by Gasteiger charge is 2.04. The first-order valence-electron chi connectivity index (χ1n) is 7.40. The minimum absolute atomic E-state index is 1.75. The molecule has 1 fully saturated rings. The lowest BCUT2D eigenvalue weighted by molar-refractivity contribution is 0.425. The molecular formula is C6H13N. The molecule has 0 amide bonds. The maximum absolute atomic E-state index is 7.66. The lowest BCUT2D eigenvalue weighted by Crippen LogP contribution is -2.30. The maximum atomic E-state index is 7.66. The van der Waals surface area contributed by atoms with Crippen LogP contribution in [-0.4, -0.2) is 12.5 Å². The predicted octanol–water partition coefficient (Wildman–Crippen LogP) is 1.15. The molecule has 1 nitrogen and oxygen atoms in total. The zero-order valence-electron chi connectivity index (χ0n) is 14.6. The molecule has 2 atom stereocenters. The van der Waals surface area contributed by atoms with Crippen molar-refractivity contribution in [2.75, 3.05) is 6.52 Å². The van der Waals surface area contributed by atoms with Gasteiger partial charge in [0.2, 0.25) is 0 Å². The molecule has 0 aromatic carbocycles. The van der Waals surface area contributed by atoms with Gasteiger partial charge in [0.15, 0.2) is 0 Å². The average Bonchev–Trinajstić information content (AvgIpc) is 2.12. The van der Waals surface area contributed by atoms with Gasteiger partial charge >= 0.3 is 0 Å². The van der Waals surface area contributed by atoms with Crippen LogP contribution in [0, 0.1) is 0 Å². The fourth-order valence-electron chi connectivity index (χ4n) is 0.279. The largest absolute Gasteiger partial charge is 0.314 e. The van der Waals surface area contributed by atoms with Crippen LogP contribution in [0.15, 0.2) is 0 Å². The van der Waals surface area contributed by atoms with Gasteiger partial charge in [-0.15, -0.1) is 0 Å². The standard InChI is InChI=1S/C6H13N/c1-6-4-2-3-5-7-6/h6-7H,2-5H2,1H3/i1D3,2D2,3D2,4D2,5D,6D. The van der Waals surface area contributed by atoms with E-state index >= 15 is 0 Å². The van der Waals surface area contributed by atoms with E-state index in [-0.39, 0.29) is 0 Å². The van der Waals surface area contributed by atoms with E-state index in [1.807, 2.05) is 0 Å². The minimum atomic E-state index is -3.34. The number of rotatable bonds is 0. The molecule has 1 aliphatic rings. The van der Waals surface area contributed by atoms with Gasteiger partial charge in [-0.1, -0.05) is 6.37 Å². The Bertz CT molecular complexity index is 346. The third-order valence-electron chi connectivity index (χ3n) is 0.548. The van der Waals surface area contributed by atoms with Crippen LogP contribution in [0.3, 0.4) is 0 Å². The second-order valence-corrected chi connectivity index (χ2v) is 1.06. The van der Waals surface area contributed by atoms with Crippen LogP contribution in [0.1, 0.15) is 41.0 Å². The Labute approximate surface area is 60.6 Å². The first-order chi connectivity index (χ1) is 7.63. The highest BCUT2D eigenvalue weighted by atomic mass is 14.9. The number of piperidine rings is 1. The van der Waals surface area contributed by atoms with Gasteiger partial charge < -0.3 is 5.32 Å². The summed E-state index contributed by atoms with van der Waals surface area (Å²) in [6.45, 7) is -5.31. The molecule has 7 heavy (non-hydrogen) atoms. The summed E-state index contributed by atoms with van der Waals surface area (Å²) in [5, 5.41) is 1.75. The molecule has 1 heteroatoms. The van der Waals surface area contributed by atoms with Crippen molar-refractivity contribution in [3.8, 4) is 0 Å². The zero-order valence-corrected chi connectivity index (χ0v) is 3.58. The fourth-order valence-corrected chi connectivity index (χ4v) is 0.279. The van der Waals surface area contributed by atoms with Crippen molar-refractivity contribution >= 4 is 0 Å². The molecule has 0 radical (unpaired) electrons. The normalized spacial score (nSPS) is 101. The summed E-state index contributed by atoms with van der Waals surface area (Å²) < 4.78 is 81.3. The zero-order chi connectivity index (χ0) is 14.8. The summed E-state index contributed by atoms with van der Waals surface area (Å²) in [4.78, 5) is 0. The van der Waals surface area contributed by atoms with E-state index in [1.165, 1.54) is 0 Å². The molecule has 0 saturated carbocycles. The van der Waals surface area contributed by atoms with Crippen molar-refractivity contribution in [2.45, 2.75) is 32.0 Å². The quantitative estimate of drug-likeness (QED) is 0.493. The van der Waals surface area contributed by atoms with Crippen molar-refractivity contribution in [1.82, 2.24) is 5.32 Å². The van der Waals surface area contributed by atoms with Crippen LogP contribution >= 0.6 is 0 Å². The summed E-state index contributed by atoms with van der Waals surface area (Å²) in [7, 11) is 0. The molecule has 1 heterocycles. The van der Waals surface area contributed by atoms with E-state index in [9.17, 15) is 0 Å². The smallest absolute Gasteiger partial charge is 0.0462 e. The summed E-state index contributed by atoms with van der Waals surface area (Å²) >= 11 is 0. The summed E-state index contributed by atoms with van der Waals surface area (Å²) in [5.74, 6) is 0. The SMILES string of the molecule is [2H]C1NC([2H])(C([2H])([2H])[2H])C([2H])([2H])C([2H])([2H])C1([2H])[2H]. The Morgan fingerprint density at radius 1 is 2.00 bits per heavy atom. The third kappa shape index (κ3) is 1.48. The average molecular weight is 110 g/mol. The van der Waals surface area contributed by atoms with Crippen molar-refractivity contribution in [2.24, 2.45) is 0 Å². The monoisotopic (exact) mass is 110 g/mol. The van der Waals surface area contributed by atoms with E-state index in [2.05, 4.69) is 0 Å². The molecule has 1 saturated heterocycles. The van der Waals surface area contributed by atoms with Gasteiger partial charge in [0.1, 0.15) is 0 Å². The van der Waals surface area contributed by atoms with E-state index in [1.54, 1.807) is 5.32 Å². The number of hydrogen-bond donors (Lipinski definition) is 1. The van der Waals surface area contributed by atoms with Gasteiger partial charge in [-0.25, -0.2) is 0 Å². The molecule has 0 aromatic heterocycles. The Balaban J connectivity index is 3.47. The lowest BCUT2D eigenvalue weighted by atomic mass is 10.1. The summed E-state index contributed by atoms with van der Waals surface area (Å²) in [6.07, 6.45) is -9.60. The van der Waals surface area contributed by atoms with Gasteiger partial charge in [-0.05, 0) is 26.1 Å². The van der Waals surface area contributed by atoms with Gasteiger partial charge in [-0.2, -0.15) is 0 Å². The maximum Gasteiger partial charge on any atom is 0.0462 e. The van der Waals surface area contributed by atoms with E-state index in [4.69, 9.17) is 15.1 Å². The molecule has 1 rings (SSSR count). The van der Waals surface area contributed by atoms with Crippen LogP contribution in [0.4, 0.5) is 0 Å². The first kappa shape index (κ1) is 0.766. The Kier molecular flexibility index (Phi) is 0.253. The van der Waals surface area contributed by atoms with Gasteiger partial charge in [0, 0.05) is 21.1 Å². The predicted molar refractivity (Wildman–Crippen MR) is 31.3 cm³/mol. The number of hydrogen-bond acceptors (Lipinski definition) is 1. The Morgan fingerprint density at radius 3 is 3.86 bits per heavy atom. The van der Waals surface area contributed by atoms with Crippen LogP contribution in [-0.2, 0) is 0 Å². The Morgan fingerprint density at radius 2 is 3.00 bits per heavy atom. The van der Waals surface area contributed by atoms with Crippen molar-refractivity contribution in [3.05, 3.63) is 0 Å². The van der Waals surface area contributed by atoms with Gasteiger partial charge in [0.25, 0.3) is 0 Å². The van der Waals surface area contributed by atoms with E-state index < -0.39 is 38.5 Å². The summed E-state index contributed by atoms with van der Waals surface area (Å²) in [6, 6.07) is -3.10. The molecule has 42 valence electrons. The molecule has 1 N–H and O–H groups in total. The van der Waals surface area contributed by atoms with E-state index in [0.29, 0.717) is 0 Å². The molecule has 0 aliphatic carbocycles. The summed E-state index contributed by atoms with van der Waals surface area (Å²) in [5.41, 5.74) is 0. The van der Waals surface area contributed by atoms with Crippen LogP contribution in [0.25, 0.3) is 0 Å². The molecule has 0 spiro atoms. The van der Waals surface area contributed by atoms with Crippen LogP contribution < -0.4 is 5.32 Å². The minimum Gasteiger partial charge on any atom is -0.314 e. The molecule has 0 bridgehead atoms. The van der Waals surface area contributed by atoms with Gasteiger partial charge in [0.05, 0.1) is 0 Å². The topological polar surface area (TPSA) is 12.0 Å². The second kappa shape index (κ2) is 2.31. The highest BCUT2D eigenvalue weighted by molar-refractivity contribution is 4.65. The number of nitrogens with one attached hydrogen (secondary N) is 1. The second-order valence-electron chi connectivity index (χ2n) is 1.06. The first-order valence-corrected chi connectivity index (χ1v) is 1.83.